The summed E-state index contributed by atoms with van der Waals surface area (Å²) < 4.78 is 0. The summed E-state index contributed by atoms with van der Waals surface area (Å²) >= 11 is 0. The maximum absolute atomic E-state index is 11.6. The minimum atomic E-state index is -0.155. The summed E-state index contributed by atoms with van der Waals surface area (Å²) in [7, 11) is 0. The predicted molar refractivity (Wildman–Crippen MR) is 97.9 cm³/mol. The molecule has 21 heavy (non-hydrogen) atoms. The van der Waals surface area contributed by atoms with Crippen LogP contribution in [0.1, 0.15) is 26.3 Å². The molecule has 4 N–H and O–H groups in total. The number of nitrogens with zero attached hydrogens (tertiary/aromatic N) is 1. The molecule has 0 radical (unpaired) electrons. The molecule has 0 aliphatic carbocycles. The van der Waals surface area contributed by atoms with Crippen LogP contribution >= 0.6 is 24.0 Å². The van der Waals surface area contributed by atoms with Crippen molar-refractivity contribution in [2.75, 3.05) is 13.1 Å². The Labute approximate surface area is 143 Å². The molecule has 1 aromatic rings. The third-order valence-corrected chi connectivity index (χ3v) is 2.47. The minimum Gasteiger partial charge on any atom is -0.370 e. The number of halogens is 1. The third kappa shape index (κ3) is 10.1. The molecule has 1 amide bonds. The maximum Gasteiger partial charge on any atom is 0.241 e. The van der Waals surface area contributed by atoms with Gasteiger partial charge in [-0.3, -0.25) is 4.79 Å². The molecular formula is C15H25IN4O. The fourth-order valence-electron chi connectivity index (χ4n) is 1.63. The Kier molecular flexibility index (Phi) is 9.00. The Morgan fingerprint density at radius 2 is 1.86 bits per heavy atom. The molecular weight excluding hydrogens is 379 g/mol. The van der Waals surface area contributed by atoms with Gasteiger partial charge in [0.05, 0.1) is 0 Å². The SMILES string of the molecule is CC(C)(C)NC(N)=NCC(=O)NCCc1ccccc1.I. The van der Waals surface area contributed by atoms with Gasteiger partial charge in [-0.1, -0.05) is 30.3 Å². The smallest absolute Gasteiger partial charge is 0.241 e. The lowest BCUT2D eigenvalue weighted by Gasteiger charge is -2.20. The van der Waals surface area contributed by atoms with Crippen LogP contribution in [0.3, 0.4) is 0 Å². The van der Waals surface area contributed by atoms with Crippen LogP contribution in [0.15, 0.2) is 35.3 Å². The number of rotatable bonds is 5. The molecule has 0 aromatic heterocycles. The van der Waals surface area contributed by atoms with Gasteiger partial charge in [0, 0.05) is 12.1 Å². The highest BCUT2D eigenvalue weighted by Crippen LogP contribution is 1.98. The van der Waals surface area contributed by atoms with Gasteiger partial charge >= 0.3 is 0 Å². The van der Waals surface area contributed by atoms with E-state index in [0.29, 0.717) is 6.54 Å². The summed E-state index contributed by atoms with van der Waals surface area (Å²) in [4.78, 5) is 15.6. The van der Waals surface area contributed by atoms with Gasteiger partial charge in [0.2, 0.25) is 5.91 Å². The molecule has 1 rings (SSSR count). The van der Waals surface area contributed by atoms with Crippen LogP contribution in [0, 0.1) is 0 Å². The molecule has 118 valence electrons. The second-order valence-electron chi connectivity index (χ2n) is 5.66. The molecule has 0 atom stereocenters. The fraction of sp³-hybridized carbons (Fsp3) is 0.467. The monoisotopic (exact) mass is 404 g/mol. The lowest BCUT2D eigenvalue weighted by molar-refractivity contribution is -0.119. The van der Waals surface area contributed by atoms with Crippen molar-refractivity contribution in [3.05, 3.63) is 35.9 Å². The third-order valence-electron chi connectivity index (χ3n) is 2.47. The average Bonchev–Trinajstić information content (AvgIpc) is 2.36. The maximum atomic E-state index is 11.6. The zero-order valence-electron chi connectivity index (χ0n) is 12.8. The second kappa shape index (κ2) is 9.59. The lowest BCUT2D eigenvalue weighted by atomic mass is 10.1. The Bertz CT molecular complexity index is 454. The average molecular weight is 404 g/mol. The molecule has 0 saturated carbocycles. The number of nitrogens with one attached hydrogen (secondary N) is 2. The standard InChI is InChI=1S/C15H24N4O.HI/c1-15(2,3)19-14(16)18-11-13(20)17-10-9-12-7-5-4-6-8-12;/h4-8H,9-11H2,1-3H3,(H,17,20)(H3,16,18,19);1H. The van der Waals surface area contributed by atoms with Crippen molar-refractivity contribution in [1.29, 1.82) is 0 Å². The molecule has 0 fully saturated rings. The second-order valence-corrected chi connectivity index (χ2v) is 5.66. The van der Waals surface area contributed by atoms with E-state index in [2.05, 4.69) is 15.6 Å². The molecule has 6 heteroatoms. The number of aliphatic imine (C=N–C) groups is 1. The van der Waals surface area contributed by atoms with Crippen molar-refractivity contribution in [3.8, 4) is 0 Å². The van der Waals surface area contributed by atoms with E-state index in [-0.39, 0.29) is 47.9 Å². The van der Waals surface area contributed by atoms with Gasteiger partial charge in [0.1, 0.15) is 6.54 Å². The summed E-state index contributed by atoms with van der Waals surface area (Å²) in [6, 6.07) is 10.0. The summed E-state index contributed by atoms with van der Waals surface area (Å²) in [6.45, 7) is 6.59. The van der Waals surface area contributed by atoms with Crippen LogP contribution in [0.2, 0.25) is 0 Å². The molecule has 0 spiro atoms. The van der Waals surface area contributed by atoms with E-state index in [0.717, 1.165) is 6.42 Å². The lowest BCUT2D eigenvalue weighted by Crippen LogP contribution is -2.45. The Hall–Kier alpha value is -1.31. The molecule has 5 nitrogen and oxygen atoms in total. The predicted octanol–water partition coefficient (Wildman–Crippen LogP) is 1.67. The van der Waals surface area contributed by atoms with Crippen molar-refractivity contribution < 1.29 is 4.79 Å². The van der Waals surface area contributed by atoms with E-state index >= 15 is 0 Å². The number of hydrogen-bond donors (Lipinski definition) is 3. The van der Waals surface area contributed by atoms with E-state index < -0.39 is 0 Å². The van der Waals surface area contributed by atoms with E-state index in [1.807, 2.05) is 51.1 Å². The Morgan fingerprint density at radius 1 is 1.24 bits per heavy atom. The van der Waals surface area contributed by atoms with Gasteiger partial charge < -0.3 is 16.4 Å². The number of carbonyl (C=O) groups is 1. The van der Waals surface area contributed by atoms with Crippen LogP contribution < -0.4 is 16.4 Å². The van der Waals surface area contributed by atoms with Gasteiger partial charge in [0.25, 0.3) is 0 Å². The first-order chi connectivity index (χ1) is 9.37. The summed E-state index contributed by atoms with van der Waals surface area (Å²) in [5.74, 6) is 0.162. The summed E-state index contributed by atoms with van der Waals surface area (Å²) in [5, 5.41) is 5.82. The number of amides is 1. The first kappa shape index (κ1) is 19.7. The Balaban J connectivity index is 0.00000400. The number of nitrogens with two attached hydrogens (primary N) is 1. The van der Waals surface area contributed by atoms with Crippen LogP contribution in [-0.2, 0) is 11.2 Å². The number of guanidine groups is 1. The van der Waals surface area contributed by atoms with E-state index in [4.69, 9.17) is 5.73 Å². The molecule has 0 saturated heterocycles. The minimum absolute atomic E-state index is 0. The van der Waals surface area contributed by atoms with Crippen LogP contribution in [0.5, 0.6) is 0 Å². The first-order valence-corrected chi connectivity index (χ1v) is 6.75. The molecule has 0 unspecified atom stereocenters. The van der Waals surface area contributed by atoms with Crippen LogP contribution in [0.4, 0.5) is 0 Å². The van der Waals surface area contributed by atoms with Crippen LogP contribution in [0.25, 0.3) is 0 Å². The van der Waals surface area contributed by atoms with Crippen molar-refractivity contribution in [1.82, 2.24) is 10.6 Å². The van der Waals surface area contributed by atoms with Crippen molar-refractivity contribution >= 4 is 35.8 Å². The largest absolute Gasteiger partial charge is 0.370 e. The summed E-state index contributed by atoms with van der Waals surface area (Å²) in [6.07, 6.45) is 0.812. The van der Waals surface area contributed by atoms with E-state index in [1.54, 1.807) is 0 Å². The topological polar surface area (TPSA) is 79.5 Å². The van der Waals surface area contributed by atoms with E-state index in [9.17, 15) is 4.79 Å². The molecule has 0 aliphatic heterocycles. The first-order valence-electron chi connectivity index (χ1n) is 6.75. The molecule has 1 aromatic carbocycles. The van der Waals surface area contributed by atoms with Gasteiger partial charge in [-0.25, -0.2) is 4.99 Å². The van der Waals surface area contributed by atoms with Crippen LogP contribution in [-0.4, -0.2) is 30.5 Å². The Morgan fingerprint density at radius 3 is 2.43 bits per heavy atom. The molecule has 0 bridgehead atoms. The quantitative estimate of drug-likeness (QED) is 0.397. The number of benzene rings is 1. The van der Waals surface area contributed by atoms with Gasteiger partial charge in [0.15, 0.2) is 5.96 Å². The molecule has 0 aliphatic rings. The highest BCUT2D eigenvalue weighted by atomic mass is 127. The zero-order chi connectivity index (χ0) is 15.0. The molecule has 0 heterocycles. The summed E-state index contributed by atoms with van der Waals surface area (Å²) in [5.41, 5.74) is 6.73. The van der Waals surface area contributed by atoms with Gasteiger partial charge in [-0.2, -0.15) is 0 Å². The number of hydrogen-bond acceptors (Lipinski definition) is 2. The van der Waals surface area contributed by atoms with Crippen molar-refractivity contribution in [3.63, 3.8) is 0 Å². The number of carbonyl (C=O) groups excluding carboxylic acids is 1. The van der Waals surface area contributed by atoms with E-state index in [1.165, 1.54) is 5.56 Å². The van der Waals surface area contributed by atoms with Gasteiger partial charge in [-0.05, 0) is 32.8 Å². The van der Waals surface area contributed by atoms with Gasteiger partial charge in [-0.15, -0.1) is 24.0 Å². The highest BCUT2D eigenvalue weighted by Gasteiger charge is 2.10. The fourth-order valence-corrected chi connectivity index (χ4v) is 1.63. The van der Waals surface area contributed by atoms with Crippen molar-refractivity contribution in [2.45, 2.75) is 32.7 Å². The highest BCUT2D eigenvalue weighted by molar-refractivity contribution is 14.0. The van der Waals surface area contributed by atoms with Crippen molar-refractivity contribution in [2.24, 2.45) is 10.7 Å². The zero-order valence-corrected chi connectivity index (χ0v) is 15.2. The normalized spacial score (nSPS) is 11.5.